The maximum Gasteiger partial charge on any atom is 0.217 e. The lowest BCUT2D eigenvalue weighted by Crippen LogP contribution is -2.11. The first-order valence-electron chi connectivity index (χ1n) is 4.89. The predicted octanol–water partition coefficient (Wildman–Crippen LogP) is 0.916. The summed E-state index contributed by atoms with van der Waals surface area (Å²) in [5.74, 6) is -0.285. The van der Waals surface area contributed by atoms with Gasteiger partial charge in [-0.15, -0.1) is 0 Å². The molecule has 4 heteroatoms. The average molecular weight is 207 g/mol. The van der Waals surface area contributed by atoms with E-state index in [0.29, 0.717) is 26.1 Å². The zero-order chi connectivity index (χ0) is 10.9. The van der Waals surface area contributed by atoms with Crippen LogP contribution in [0.4, 0.5) is 0 Å². The first-order valence-corrected chi connectivity index (χ1v) is 4.89. The quantitative estimate of drug-likeness (QED) is 0.676. The standard InChI is InChI=1S/C11H15N2O2/c12-11(14)5-3-8-15-9-6-10-4-1-2-7-13-10/h1-2,4,6-7H,3,5,8-9H2,(H2,12,14). The van der Waals surface area contributed by atoms with Crippen LogP contribution in [0.25, 0.3) is 0 Å². The largest absolute Gasteiger partial charge is 0.381 e. The van der Waals surface area contributed by atoms with E-state index < -0.39 is 0 Å². The van der Waals surface area contributed by atoms with Crippen LogP contribution < -0.4 is 5.73 Å². The Morgan fingerprint density at radius 3 is 3.07 bits per heavy atom. The molecule has 0 aliphatic carbocycles. The second kappa shape index (κ2) is 6.95. The molecule has 1 amide bonds. The first-order chi connectivity index (χ1) is 7.29. The number of amides is 1. The van der Waals surface area contributed by atoms with Crippen LogP contribution in [0, 0.1) is 6.42 Å². The van der Waals surface area contributed by atoms with Crippen LogP contribution >= 0.6 is 0 Å². The zero-order valence-corrected chi connectivity index (χ0v) is 8.56. The summed E-state index contributed by atoms with van der Waals surface area (Å²) in [6, 6.07) is 5.70. The molecule has 81 valence electrons. The fraction of sp³-hybridized carbons (Fsp3) is 0.364. The van der Waals surface area contributed by atoms with E-state index in [1.54, 1.807) is 6.20 Å². The molecule has 0 aliphatic heterocycles. The summed E-state index contributed by atoms with van der Waals surface area (Å²) in [6.45, 7) is 1.06. The van der Waals surface area contributed by atoms with Crippen molar-refractivity contribution in [1.29, 1.82) is 0 Å². The second-order valence-electron chi connectivity index (χ2n) is 3.10. The van der Waals surface area contributed by atoms with E-state index in [9.17, 15) is 4.79 Å². The lowest BCUT2D eigenvalue weighted by Gasteiger charge is -2.02. The summed E-state index contributed by atoms with van der Waals surface area (Å²) < 4.78 is 5.28. The van der Waals surface area contributed by atoms with Crippen LogP contribution in [0.15, 0.2) is 24.4 Å². The minimum absolute atomic E-state index is 0.285. The third-order valence-electron chi connectivity index (χ3n) is 1.81. The number of ether oxygens (including phenoxy) is 1. The molecular weight excluding hydrogens is 192 g/mol. The SMILES string of the molecule is NC(=O)CCCOC[CH]c1ccccn1. The molecule has 0 aromatic carbocycles. The van der Waals surface area contributed by atoms with Crippen molar-refractivity contribution in [2.24, 2.45) is 5.73 Å². The Bertz CT molecular complexity index is 288. The molecule has 2 N–H and O–H groups in total. The Kier molecular flexibility index (Phi) is 5.40. The molecule has 0 saturated heterocycles. The lowest BCUT2D eigenvalue weighted by molar-refractivity contribution is -0.118. The molecule has 1 rings (SSSR count). The molecule has 0 bridgehead atoms. The molecular formula is C11H15N2O2. The van der Waals surface area contributed by atoms with Crippen molar-refractivity contribution in [2.75, 3.05) is 13.2 Å². The molecule has 15 heavy (non-hydrogen) atoms. The van der Waals surface area contributed by atoms with Gasteiger partial charge in [0.15, 0.2) is 0 Å². The third kappa shape index (κ3) is 5.80. The van der Waals surface area contributed by atoms with Gasteiger partial charge in [-0.25, -0.2) is 0 Å². The van der Waals surface area contributed by atoms with E-state index in [-0.39, 0.29) is 5.91 Å². The van der Waals surface area contributed by atoms with Crippen molar-refractivity contribution < 1.29 is 9.53 Å². The minimum Gasteiger partial charge on any atom is -0.381 e. The Labute approximate surface area is 89.5 Å². The number of carbonyl (C=O) groups excluding carboxylic acids is 1. The topological polar surface area (TPSA) is 65.2 Å². The molecule has 1 aromatic heterocycles. The van der Waals surface area contributed by atoms with E-state index in [4.69, 9.17) is 10.5 Å². The number of nitrogens with zero attached hydrogens (tertiary/aromatic N) is 1. The van der Waals surface area contributed by atoms with Crippen molar-refractivity contribution >= 4 is 5.91 Å². The monoisotopic (exact) mass is 207 g/mol. The Hall–Kier alpha value is -1.42. The van der Waals surface area contributed by atoms with Gasteiger partial charge in [-0.1, -0.05) is 6.07 Å². The van der Waals surface area contributed by atoms with Gasteiger partial charge in [0, 0.05) is 31.3 Å². The Morgan fingerprint density at radius 2 is 2.40 bits per heavy atom. The highest BCUT2D eigenvalue weighted by Crippen LogP contribution is 1.98. The van der Waals surface area contributed by atoms with Crippen LogP contribution in [-0.4, -0.2) is 24.1 Å². The van der Waals surface area contributed by atoms with Crippen LogP contribution in [0.3, 0.4) is 0 Å². The first kappa shape index (κ1) is 11.7. The summed E-state index contributed by atoms with van der Waals surface area (Å²) in [4.78, 5) is 14.5. The number of primary amides is 1. The van der Waals surface area contributed by atoms with Crippen LogP contribution in [0.2, 0.25) is 0 Å². The molecule has 1 aromatic rings. The van der Waals surface area contributed by atoms with Gasteiger partial charge >= 0.3 is 0 Å². The number of hydrogen-bond acceptors (Lipinski definition) is 3. The van der Waals surface area contributed by atoms with E-state index in [0.717, 1.165) is 5.69 Å². The summed E-state index contributed by atoms with van der Waals surface area (Å²) in [5, 5.41) is 0. The van der Waals surface area contributed by atoms with Gasteiger partial charge in [-0.2, -0.15) is 0 Å². The fourth-order valence-electron chi connectivity index (χ4n) is 1.07. The molecule has 1 radical (unpaired) electrons. The van der Waals surface area contributed by atoms with Gasteiger partial charge < -0.3 is 10.5 Å². The van der Waals surface area contributed by atoms with E-state index >= 15 is 0 Å². The van der Waals surface area contributed by atoms with Gasteiger partial charge in [0.1, 0.15) is 0 Å². The summed E-state index contributed by atoms with van der Waals surface area (Å²) in [7, 11) is 0. The number of aromatic nitrogens is 1. The lowest BCUT2D eigenvalue weighted by atomic mass is 10.3. The number of rotatable bonds is 7. The summed E-state index contributed by atoms with van der Waals surface area (Å²) in [5.41, 5.74) is 5.88. The molecule has 0 saturated carbocycles. The molecule has 1 heterocycles. The fourth-order valence-corrected chi connectivity index (χ4v) is 1.07. The molecule has 0 spiro atoms. The van der Waals surface area contributed by atoms with Crippen molar-refractivity contribution in [2.45, 2.75) is 12.8 Å². The molecule has 0 unspecified atom stereocenters. The van der Waals surface area contributed by atoms with Crippen molar-refractivity contribution in [3.05, 3.63) is 36.5 Å². The summed E-state index contributed by atoms with van der Waals surface area (Å²) >= 11 is 0. The Balaban J connectivity index is 2.00. The van der Waals surface area contributed by atoms with Crippen molar-refractivity contribution in [1.82, 2.24) is 4.98 Å². The number of nitrogens with two attached hydrogens (primary N) is 1. The maximum absolute atomic E-state index is 10.4. The highest BCUT2D eigenvalue weighted by molar-refractivity contribution is 5.73. The highest BCUT2D eigenvalue weighted by atomic mass is 16.5. The van der Waals surface area contributed by atoms with E-state index in [2.05, 4.69) is 4.98 Å². The molecule has 4 nitrogen and oxygen atoms in total. The van der Waals surface area contributed by atoms with Gasteiger partial charge in [0.2, 0.25) is 5.91 Å². The second-order valence-corrected chi connectivity index (χ2v) is 3.10. The Morgan fingerprint density at radius 1 is 1.53 bits per heavy atom. The molecule has 0 fully saturated rings. The van der Waals surface area contributed by atoms with Crippen LogP contribution in [0.5, 0.6) is 0 Å². The van der Waals surface area contributed by atoms with Gasteiger partial charge in [0.25, 0.3) is 0 Å². The molecule has 0 aliphatic rings. The van der Waals surface area contributed by atoms with E-state index in [1.165, 1.54) is 0 Å². The third-order valence-corrected chi connectivity index (χ3v) is 1.81. The van der Waals surface area contributed by atoms with Crippen LogP contribution in [-0.2, 0) is 9.53 Å². The van der Waals surface area contributed by atoms with Gasteiger partial charge in [-0.3, -0.25) is 9.78 Å². The predicted molar refractivity (Wildman–Crippen MR) is 56.9 cm³/mol. The zero-order valence-electron chi connectivity index (χ0n) is 8.56. The number of pyridine rings is 1. The maximum atomic E-state index is 10.4. The minimum atomic E-state index is -0.285. The van der Waals surface area contributed by atoms with E-state index in [1.807, 2.05) is 24.6 Å². The normalized spacial score (nSPS) is 10.1. The number of hydrogen-bond donors (Lipinski definition) is 1. The average Bonchev–Trinajstić information content (AvgIpc) is 2.24. The smallest absolute Gasteiger partial charge is 0.217 e. The number of carbonyl (C=O) groups is 1. The van der Waals surface area contributed by atoms with Gasteiger partial charge in [0.05, 0.1) is 6.61 Å². The highest BCUT2D eigenvalue weighted by Gasteiger charge is 1.96. The van der Waals surface area contributed by atoms with Crippen molar-refractivity contribution in [3.63, 3.8) is 0 Å². The summed E-state index contributed by atoms with van der Waals surface area (Å²) in [6.07, 6.45) is 4.68. The van der Waals surface area contributed by atoms with Crippen molar-refractivity contribution in [3.8, 4) is 0 Å². The van der Waals surface area contributed by atoms with Gasteiger partial charge in [-0.05, 0) is 18.6 Å². The molecule has 0 atom stereocenters. The van der Waals surface area contributed by atoms with Crippen LogP contribution in [0.1, 0.15) is 18.5 Å².